The number of hydrogen-bond acceptors (Lipinski definition) is 5. The molecule has 0 spiro atoms. The van der Waals surface area contributed by atoms with Gasteiger partial charge in [-0.3, -0.25) is 9.47 Å². The Morgan fingerprint density at radius 3 is 2.68 bits per heavy atom. The first kappa shape index (κ1) is 21.7. The number of aromatic nitrogens is 4. The van der Waals surface area contributed by atoms with E-state index in [2.05, 4.69) is 61.8 Å². The van der Waals surface area contributed by atoms with Crippen LogP contribution >= 0.6 is 24.6 Å². The highest BCUT2D eigenvalue weighted by Gasteiger charge is 2.07. The van der Waals surface area contributed by atoms with E-state index in [4.69, 9.17) is 12.2 Å². The summed E-state index contributed by atoms with van der Waals surface area (Å²) in [6.45, 7) is 4.37. The first-order valence-corrected chi connectivity index (χ1v) is 9.17. The van der Waals surface area contributed by atoms with Gasteiger partial charge in [-0.25, -0.2) is 15.0 Å². The van der Waals surface area contributed by atoms with E-state index in [1.807, 2.05) is 29.8 Å². The second-order valence-corrected chi connectivity index (χ2v) is 6.58. The van der Waals surface area contributed by atoms with Crippen LogP contribution in [0.5, 0.6) is 0 Å². The van der Waals surface area contributed by atoms with Crippen molar-refractivity contribution >= 4 is 35.6 Å². The molecule has 1 aromatic carbocycles. The SMILES string of the molecule is CCNC(=S)Nc1cc(-n2cnc(CN(C)Cc3ccccc3)c2)ncn1.Cl. The van der Waals surface area contributed by atoms with E-state index in [0.717, 1.165) is 31.1 Å². The van der Waals surface area contributed by atoms with Crippen LogP contribution in [0.4, 0.5) is 5.82 Å². The van der Waals surface area contributed by atoms with E-state index in [0.29, 0.717) is 10.9 Å². The first-order valence-electron chi connectivity index (χ1n) is 8.76. The highest BCUT2D eigenvalue weighted by Crippen LogP contribution is 2.12. The van der Waals surface area contributed by atoms with Gasteiger partial charge in [-0.15, -0.1) is 12.4 Å². The molecule has 3 aromatic rings. The van der Waals surface area contributed by atoms with Gasteiger partial charge in [0.1, 0.15) is 24.3 Å². The number of imidazole rings is 1. The van der Waals surface area contributed by atoms with Gasteiger partial charge in [0.25, 0.3) is 0 Å². The van der Waals surface area contributed by atoms with Crippen molar-refractivity contribution in [2.45, 2.75) is 20.0 Å². The summed E-state index contributed by atoms with van der Waals surface area (Å²) in [5, 5.41) is 6.62. The molecule has 0 amide bonds. The molecule has 2 N–H and O–H groups in total. The Morgan fingerprint density at radius 2 is 1.93 bits per heavy atom. The monoisotopic (exact) mass is 417 g/mol. The summed E-state index contributed by atoms with van der Waals surface area (Å²) in [6.07, 6.45) is 5.25. The van der Waals surface area contributed by atoms with Gasteiger partial charge in [0.05, 0.1) is 5.69 Å². The number of nitrogens with zero attached hydrogens (tertiary/aromatic N) is 5. The van der Waals surface area contributed by atoms with E-state index in [1.54, 1.807) is 6.33 Å². The fourth-order valence-electron chi connectivity index (χ4n) is 2.68. The van der Waals surface area contributed by atoms with Crippen LogP contribution in [0.1, 0.15) is 18.2 Å². The molecule has 9 heteroatoms. The number of anilines is 1. The van der Waals surface area contributed by atoms with Crippen LogP contribution in [0.2, 0.25) is 0 Å². The molecule has 0 saturated carbocycles. The van der Waals surface area contributed by atoms with E-state index in [1.165, 1.54) is 11.9 Å². The third-order valence-corrected chi connectivity index (χ3v) is 4.11. The molecule has 148 valence electrons. The van der Waals surface area contributed by atoms with E-state index in [9.17, 15) is 0 Å². The van der Waals surface area contributed by atoms with Gasteiger partial charge in [0, 0.05) is 31.9 Å². The lowest BCUT2D eigenvalue weighted by Crippen LogP contribution is -2.28. The lowest BCUT2D eigenvalue weighted by atomic mass is 10.2. The predicted octanol–water partition coefficient (Wildman–Crippen LogP) is 3.02. The van der Waals surface area contributed by atoms with Crippen molar-refractivity contribution in [3.63, 3.8) is 0 Å². The zero-order chi connectivity index (χ0) is 19.1. The Balaban J connectivity index is 0.00000280. The van der Waals surface area contributed by atoms with Gasteiger partial charge in [-0.1, -0.05) is 30.3 Å². The van der Waals surface area contributed by atoms with Crippen LogP contribution in [0, 0.1) is 0 Å². The quantitative estimate of drug-likeness (QED) is 0.572. The molecule has 0 bridgehead atoms. The molecule has 0 radical (unpaired) electrons. The Kier molecular flexibility index (Phi) is 8.31. The van der Waals surface area contributed by atoms with Crippen LogP contribution in [0.25, 0.3) is 5.82 Å². The van der Waals surface area contributed by atoms with Gasteiger partial charge in [0.2, 0.25) is 0 Å². The molecule has 0 fully saturated rings. The highest BCUT2D eigenvalue weighted by molar-refractivity contribution is 7.80. The third-order valence-electron chi connectivity index (χ3n) is 3.86. The largest absolute Gasteiger partial charge is 0.363 e. The molecule has 3 rings (SSSR count). The molecule has 0 aliphatic heterocycles. The maximum Gasteiger partial charge on any atom is 0.171 e. The average molecular weight is 418 g/mol. The van der Waals surface area contributed by atoms with Crippen molar-refractivity contribution in [1.29, 1.82) is 0 Å². The summed E-state index contributed by atoms with van der Waals surface area (Å²) in [5.74, 6) is 1.37. The molecule has 28 heavy (non-hydrogen) atoms. The normalized spacial score (nSPS) is 10.4. The van der Waals surface area contributed by atoms with Gasteiger partial charge < -0.3 is 10.6 Å². The fraction of sp³-hybridized carbons (Fsp3) is 0.263. The summed E-state index contributed by atoms with van der Waals surface area (Å²) in [6, 6.07) is 12.2. The minimum atomic E-state index is 0. The number of rotatable bonds is 7. The summed E-state index contributed by atoms with van der Waals surface area (Å²) >= 11 is 5.19. The number of halogens is 1. The summed E-state index contributed by atoms with van der Waals surface area (Å²) < 4.78 is 1.88. The van der Waals surface area contributed by atoms with Crippen LogP contribution in [-0.4, -0.2) is 43.1 Å². The van der Waals surface area contributed by atoms with Gasteiger partial charge in [-0.05, 0) is 31.8 Å². The third kappa shape index (κ3) is 6.26. The number of hydrogen-bond donors (Lipinski definition) is 2. The van der Waals surface area contributed by atoms with E-state index in [-0.39, 0.29) is 12.4 Å². The van der Waals surface area contributed by atoms with Crippen molar-refractivity contribution in [3.8, 4) is 5.82 Å². The van der Waals surface area contributed by atoms with Crippen molar-refractivity contribution in [2.24, 2.45) is 0 Å². The Morgan fingerprint density at radius 1 is 1.14 bits per heavy atom. The summed E-state index contributed by atoms with van der Waals surface area (Å²) in [4.78, 5) is 15.2. The first-order chi connectivity index (χ1) is 13.1. The average Bonchev–Trinajstić information content (AvgIpc) is 3.11. The lowest BCUT2D eigenvalue weighted by molar-refractivity contribution is 0.315. The number of benzene rings is 1. The summed E-state index contributed by atoms with van der Waals surface area (Å²) in [5.41, 5.74) is 2.26. The minimum absolute atomic E-state index is 0. The zero-order valence-electron chi connectivity index (χ0n) is 15.9. The standard InChI is InChI=1S/C19H23N7S.ClH/c1-3-20-19(27)24-17-9-18(22-13-21-17)26-12-16(23-14-26)11-25(2)10-15-7-5-4-6-8-15;/h4-9,12-14H,3,10-11H2,1-2H3,(H2,20,21,22,24,27);1H. The van der Waals surface area contributed by atoms with Gasteiger partial charge >= 0.3 is 0 Å². The van der Waals surface area contributed by atoms with E-state index < -0.39 is 0 Å². The predicted molar refractivity (Wildman–Crippen MR) is 118 cm³/mol. The highest BCUT2D eigenvalue weighted by atomic mass is 35.5. The second kappa shape index (κ2) is 10.7. The van der Waals surface area contributed by atoms with Crippen molar-refractivity contribution in [1.82, 2.24) is 29.7 Å². The van der Waals surface area contributed by atoms with E-state index >= 15 is 0 Å². The molecule has 0 unspecified atom stereocenters. The second-order valence-electron chi connectivity index (χ2n) is 6.18. The maximum atomic E-state index is 5.19. The molecular formula is C19H24ClN7S. The molecule has 0 aliphatic rings. The van der Waals surface area contributed by atoms with Crippen LogP contribution in [0.3, 0.4) is 0 Å². The van der Waals surface area contributed by atoms with Crippen molar-refractivity contribution < 1.29 is 0 Å². The smallest absolute Gasteiger partial charge is 0.171 e. The minimum Gasteiger partial charge on any atom is -0.363 e. The Labute approximate surface area is 176 Å². The molecule has 0 aliphatic carbocycles. The Bertz CT molecular complexity index is 885. The van der Waals surface area contributed by atoms with Gasteiger partial charge in [-0.2, -0.15) is 0 Å². The molecular weight excluding hydrogens is 394 g/mol. The van der Waals surface area contributed by atoms with Crippen molar-refractivity contribution in [2.75, 3.05) is 18.9 Å². The van der Waals surface area contributed by atoms with Crippen LogP contribution in [0.15, 0.2) is 55.2 Å². The molecule has 0 saturated heterocycles. The molecule has 2 heterocycles. The Hall–Kier alpha value is -2.55. The van der Waals surface area contributed by atoms with Crippen LogP contribution in [-0.2, 0) is 13.1 Å². The molecule has 0 atom stereocenters. The van der Waals surface area contributed by atoms with Gasteiger partial charge in [0.15, 0.2) is 5.11 Å². The summed E-state index contributed by atoms with van der Waals surface area (Å²) in [7, 11) is 2.08. The topological polar surface area (TPSA) is 70.9 Å². The fourth-order valence-corrected chi connectivity index (χ4v) is 2.92. The molecule has 7 nitrogen and oxygen atoms in total. The zero-order valence-corrected chi connectivity index (χ0v) is 17.5. The maximum absolute atomic E-state index is 5.19. The lowest BCUT2D eigenvalue weighted by Gasteiger charge is -2.15. The van der Waals surface area contributed by atoms with Crippen molar-refractivity contribution in [3.05, 3.63) is 66.5 Å². The van der Waals surface area contributed by atoms with Crippen LogP contribution < -0.4 is 10.6 Å². The number of nitrogens with one attached hydrogen (secondary N) is 2. The molecule has 2 aromatic heterocycles. The number of thiocarbonyl (C=S) groups is 1.